The number of hydrogen-bond donors (Lipinski definition) is 1. The lowest BCUT2D eigenvalue weighted by Crippen LogP contribution is -2.38. The minimum atomic E-state index is 0.514. The molecule has 13 heavy (non-hydrogen) atoms. The Morgan fingerprint density at radius 3 is 2.62 bits per heavy atom. The molecular weight excluding hydrogens is 162 g/mol. The predicted octanol–water partition coefficient (Wildman–Crippen LogP) is 1.94. The van der Waals surface area contributed by atoms with Crippen LogP contribution in [0.5, 0.6) is 0 Å². The average Bonchev–Trinajstić information content (AvgIpc) is 2.82. The highest BCUT2D eigenvalue weighted by atomic mass is 16.5. The van der Waals surface area contributed by atoms with Crippen molar-refractivity contribution in [3.63, 3.8) is 0 Å². The fourth-order valence-electron chi connectivity index (χ4n) is 2.37. The second kappa shape index (κ2) is 3.97. The van der Waals surface area contributed by atoms with Gasteiger partial charge < -0.3 is 10.1 Å². The van der Waals surface area contributed by atoms with Gasteiger partial charge in [-0.3, -0.25) is 0 Å². The number of methoxy groups -OCH3 is 1. The quantitative estimate of drug-likeness (QED) is 0.722. The highest BCUT2D eigenvalue weighted by molar-refractivity contribution is 4.93. The summed E-state index contributed by atoms with van der Waals surface area (Å²) >= 11 is 0. The van der Waals surface area contributed by atoms with Crippen LogP contribution in [0, 0.1) is 5.92 Å². The maximum absolute atomic E-state index is 5.41. The SMILES string of the molecule is COC1CCCC(NC2CC2C)C1. The summed E-state index contributed by atoms with van der Waals surface area (Å²) in [5.74, 6) is 0.919. The van der Waals surface area contributed by atoms with Crippen molar-refractivity contribution in [2.45, 2.75) is 57.2 Å². The van der Waals surface area contributed by atoms with Gasteiger partial charge in [0.25, 0.3) is 0 Å². The standard InChI is InChI=1S/C11H21NO/c1-8-6-11(8)12-9-4-3-5-10(7-9)13-2/h8-12H,3-7H2,1-2H3. The van der Waals surface area contributed by atoms with Crippen LogP contribution in [0.3, 0.4) is 0 Å². The molecule has 4 atom stereocenters. The highest BCUT2D eigenvalue weighted by Gasteiger charge is 2.35. The summed E-state index contributed by atoms with van der Waals surface area (Å²) in [7, 11) is 1.84. The second-order valence-electron chi connectivity index (χ2n) is 4.71. The molecule has 2 saturated carbocycles. The fourth-order valence-corrected chi connectivity index (χ4v) is 2.37. The van der Waals surface area contributed by atoms with Crippen molar-refractivity contribution >= 4 is 0 Å². The molecule has 0 aromatic carbocycles. The lowest BCUT2D eigenvalue weighted by molar-refractivity contribution is 0.0584. The Kier molecular flexibility index (Phi) is 2.89. The van der Waals surface area contributed by atoms with Gasteiger partial charge in [-0.05, 0) is 38.0 Å². The second-order valence-corrected chi connectivity index (χ2v) is 4.71. The summed E-state index contributed by atoms with van der Waals surface area (Å²) in [4.78, 5) is 0. The van der Waals surface area contributed by atoms with Gasteiger partial charge in [0.2, 0.25) is 0 Å². The molecule has 2 fully saturated rings. The van der Waals surface area contributed by atoms with Crippen LogP contribution in [0.15, 0.2) is 0 Å². The van der Waals surface area contributed by atoms with Crippen molar-refractivity contribution in [2.75, 3.05) is 7.11 Å². The van der Waals surface area contributed by atoms with Crippen LogP contribution in [-0.2, 0) is 4.74 Å². The van der Waals surface area contributed by atoms with Gasteiger partial charge in [-0.15, -0.1) is 0 Å². The maximum Gasteiger partial charge on any atom is 0.0586 e. The first-order chi connectivity index (χ1) is 6.29. The van der Waals surface area contributed by atoms with Crippen LogP contribution in [0.25, 0.3) is 0 Å². The Morgan fingerprint density at radius 2 is 2.00 bits per heavy atom. The first-order valence-corrected chi connectivity index (χ1v) is 5.58. The minimum absolute atomic E-state index is 0.514. The largest absolute Gasteiger partial charge is 0.381 e. The van der Waals surface area contributed by atoms with E-state index in [-0.39, 0.29) is 0 Å². The van der Waals surface area contributed by atoms with Crippen molar-refractivity contribution < 1.29 is 4.74 Å². The van der Waals surface area contributed by atoms with E-state index in [0.717, 1.165) is 18.0 Å². The zero-order valence-electron chi connectivity index (χ0n) is 8.75. The molecule has 0 saturated heterocycles. The Bertz CT molecular complexity index is 169. The van der Waals surface area contributed by atoms with E-state index in [0.29, 0.717) is 6.10 Å². The number of nitrogens with one attached hydrogen (secondary N) is 1. The Labute approximate surface area is 81.0 Å². The summed E-state index contributed by atoms with van der Waals surface area (Å²) in [5, 5.41) is 3.73. The molecular formula is C11H21NO. The first-order valence-electron chi connectivity index (χ1n) is 5.58. The molecule has 2 aliphatic carbocycles. The fraction of sp³-hybridized carbons (Fsp3) is 1.00. The zero-order valence-corrected chi connectivity index (χ0v) is 8.75. The first kappa shape index (κ1) is 9.47. The molecule has 0 spiro atoms. The molecule has 0 heterocycles. The van der Waals surface area contributed by atoms with E-state index in [1.54, 1.807) is 0 Å². The van der Waals surface area contributed by atoms with Crippen LogP contribution in [-0.4, -0.2) is 25.3 Å². The van der Waals surface area contributed by atoms with E-state index in [4.69, 9.17) is 4.74 Å². The van der Waals surface area contributed by atoms with E-state index < -0.39 is 0 Å². The van der Waals surface area contributed by atoms with E-state index in [1.807, 2.05) is 7.11 Å². The summed E-state index contributed by atoms with van der Waals surface area (Å²) in [6, 6.07) is 1.55. The van der Waals surface area contributed by atoms with Gasteiger partial charge in [0.05, 0.1) is 6.10 Å². The molecule has 0 aromatic rings. The third-order valence-electron chi connectivity index (χ3n) is 3.52. The molecule has 0 aromatic heterocycles. The molecule has 0 aliphatic heterocycles. The van der Waals surface area contributed by atoms with E-state index in [2.05, 4.69) is 12.2 Å². The molecule has 4 unspecified atom stereocenters. The topological polar surface area (TPSA) is 21.3 Å². The van der Waals surface area contributed by atoms with Gasteiger partial charge >= 0.3 is 0 Å². The zero-order chi connectivity index (χ0) is 9.26. The monoisotopic (exact) mass is 183 g/mol. The summed E-state index contributed by atoms with van der Waals surface area (Å²) in [6.07, 6.45) is 7.06. The molecule has 0 amide bonds. The van der Waals surface area contributed by atoms with E-state index >= 15 is 0 Å². The lowest BCUT2D eigenvalue weighted by atomic mass is 9.93. The molecule has 0 radical (unpaired) electrons. The third-order valence-corrected chi connectivity index (χ3v) is 3.52. The average molecular weight is 183 g/mol. The van der Waals surface area contributed by atoms with Crippen molar-refractivity contribution in [3.05, 3.63) is 0 Å². The highest BCUT2D eigenvalue weighted by Crippen LogP contribution is 2.31. The van der Waals surface area contributed by atoms with E-state index in [1.165, 1.54) is 32.1 Å². The van der Waals surface area contributed by atoms with Gasteiger partial charge in [0, 0.05) is 19.2 Å². The van der Waals surface area contributed by atoms with Gasteiger partial charge in [0.1, 0.15) is 0 Å². The predicted molar refractivity (Wildman–Crippen MR) is 53.8 cm³/mol. The van der Waals surface area contributed by atoms with Crippen LogP contribution in [0.2, 0.25) is 0 Å². The van der Waals surface area contributed by atoms with Crippen molar-refractivity contribution in [1.29, 1.82) is 0 Å². The third kappa shape index (κ3) is 2.44. The summed E-state index contributed by atoms with van der Waals surface area (Å²) < 4.78 is 5.41. The summed E-state index contributed by atoms with van der Waals surface area (Å²) in [6.45, 7) is 2.33. The maximum atomic E-state index is 5.41. The molecule has 0 bridgehead atoms. The molecule has 2 nitrogen and oxygen atoms in total. The number of hydrogen-bond acceptors (Lipinski definition) is 2. The minimum Gasteiger partial charge on any atom is -0.381 e. The molecule has 1 N–H and O–H groups in total. The molecule has 2 rings (SSSR count). The lowest BCUT2D eigenvalue weighted by Gasteiger charge is -2.29. The normalized spacial score (nSPS) is 44.8. The molecule has 2 heteroatoms. The van der Waals surface area contributed by atoms with Gasteiger partial charge in [-0.2, -0.15) is 0 Å². The smallest absolute Gasteiger partial charge is 0.0586 e. The number of rotatable bonds is 3. The van der Waals surface area contributed by atoms with Gasteiger partial charge in [0.15, 0.2) is 0 Å². The van der Waals surface area contributed by atoms with Crippen molar-refractivity contribution in [1.82, 2.24) is 5.32 Å². The van der Waals surface area contributed by atoms with Crippen molar-refractivity contribution in [3.8, 4) is 0 Å². The van der Waals surface area contributed by atoms with E-state index in [9.17, 15) is 0 Å². The molecule has 2 aliphatic rings. The van der Waals surface area contributed by atoms with Crippen LogP contribution < -0.4 is 5.32 Å². The summed E-state index contributed by atoms with van der Waals surface area (Å²) in [5.41, 5.74) is 0. The number of ether oxygens (including phenoxy) is 1. The Hall–Kier alpha value is -0.0800. The van der Waals surface area contributed by atoms with Crippen molar-refractivity contribution in [2.24, 2.45) is 5.92 Å². The van der Waals surface area contributed by atoms with Crippen LogP contribution >= 0.6 is 0 Å². The van der Waals surface area contributed by atoms with Crippen LogP contribution in [0.4, 0.5) is 0 Å². The van der Waals surface area contributed by atoms with Gasteiger partial charge in [-0.25, -0.2) is 0 Å². The Morgan fingerprint density at radius 1 is 1.23 bits per heavy atom. The molecule has 76 valence electrons. The van der Waals surface area contributed by atoms with Gasteiger partial charge in [-0.1, -0.05) is 6.92 Å². The van der Waals surface area contributed by atoms with Crippen LogP contribution in [0.1, 0.15) is 39.0 Å². The Balaban J connectivity index is 1.72.